The van der Waals surface area contributed by atoms with Crippen molar-refractivity contribution in [2.45, 2.75) is 19.3 Å². The molecule has 0 aromatic heterocycles. The summed E-state index contributed by atoms with van der Waals surface area (Å²) in [7, 11) is 3.97. The fourth-order valence-corrected chi connectivity index (χ4v) is 2.44. The molecule has 0 atom stereocenters. The predicted octanol–water partition coefficient (Wildman–Crippen LogP) is 3.21. The SMILES string of the molecule is CN(C)c1ccc(CCNC(=O)CCC(=O)c2ccccc2F)cc1. The van der Waals surface area contributed by atoms with Gasteiger partial charge >= 0.3 is 0 Å². The summed E-state index contributed by atoms with van der Waals surface area (Å²) in [6.07, 6.45) is 0.789. The highest BCUT2D eigenvalue weighted by Gasteiger charge is 2.12. The van der Waals surface area contributed by atoms with Gasteiger partial charge < -0.3 is 10.2 Å². The van der Waals surface area contributed by atoms with Crippen LogP contribution in [0.25, 0.3) is 0 Å². The second kappa shape index (κ2) is 8.97. The Morgan fingerprint density at radius 3 is 2.32 bits per heavy atom. The highest BCUT2D eigenvalue weighted by atomic mass is 19.1. The number of carbonyl (C=O) groups excluding carboxylic acids is 2. The minimum atomic E-state index is -0.547. The van der Waals surface area contributed by atoms with E-state index in [9.17, 15) is 14.0 Å². The molecule has 5 heteroatoms. The number of nitrogens with zero attached hydrogens (tertiary/aromatic N) is 1. The van der Waals surface area contributed by atoms with Gasteiger partial charge in [0, 0.05) is 39.2 Å². The average molecular weight is 342 g/mol. The number of rotatable bonds is 8. The number of benzene rings is 2. The zero-order valence-corrected chi connectivity index (χ0v) is 14.6. The topological polar surface area (TPSA) is 49.4 Å². The van der Waals surface area contributed by atoms with Crippen molar-refractivity contribution < 1.29 is 14.0 Å². The van der Waals surface area contributed by atoms with Gasteiger partial charge in [0.2, 0.25) is 5.91 Å². The Bertz CT molecular complexity index is 727. The van der Waals surface area contributed by atoms with Crippen molar-refractivity contribution in [3.05, 3.63) is 65.5 Å². The summed E-state index contributed by atoms with van der Waals surface area (Å²) in [5.74, 6) is -1.10. The molecule has 0 aliphatic rings. The van der Waals surface area contributed by atoms with E-state index in [1.807, 2.05) is 43.3 Å². The maximum absolute atomic E-state index is 13.5. The lowest BCUT2D eigenvalue weighted by Crippen LogP contribution is -2.26. The van der Waals surface area contributed by atoms with Gasteiger partial charge in [0.25, 0.3) is 0 Å². The molecule has 0 aliphatic heterocycles. The minimum Gasteiger partial charge on any atom is -0.378 e. The lowest BCUT2D eigenvalue weighted by atomic mass is 10.1. The number of anilines is 1. The van der Waals surface area contributed by atoms with Gasteiger partial charge in [-0.05, 0) is 36.2 Å². The molecule has 0 spiro atoms. The number of hydrogen-bond donors (Lipinski definition) is 1. The first-order valence-corrected chi connectivity index (χ1v) is 8.28. The number of Topliss-reactive ketones (excluding diaryl/α,β-unsaturated/α-hetero) is 1. The van der Waals surface area contributed by atoms with Gasteiger partial charge in [-0.3, -0.25) is 9.59 Å². The van der Waals surface area contributed by atoms with E-state index < -0.39 is 5.82 Å². The third-order valence-electron chi connectivity index (χ3n) is 3.94. The van der Waals surface area contributed by atoms with Gasteiger partial charge in [-0.15, -0.1) is 0 Å². The van der Waals surface area contributed by atoms with Crippen molar-refractivity contribution in [3.63, 3.8) is 0 Å². The van der Waals surface area contributed by atoms with Gasteiger partial charge in [-0.2, -0.15) is 0 Å². The largest absolute Gasteiger partial charge is 0.378 e. The van der Waals surface area contributed by atoms with Gasteiger partial charge in [-0.1, -0.05) is 24.3 Å². The normalized spacial score (nSPS) is 10.4. The Labute approximate surface area is 147 Å². The third-order valence-corrected chi connectivity index (χ3v) is 3.94. The van der Waals surface area contributed by atoms with Crippen LogP contribution < -0.4 is 10.2 Å². The van der Waals surface area contributed by atoms with E-state index in [0.717, 1.165) is 17.7 Å². The minimum absolute atomic E-state index is 0.00426. The van der Waals surface area contributed by atoms with Crippen LogP contribution in [0.15, 0.2) is 48.5 Å². The van der Waals surface area contributed by atoms with Crippen LogP contribution in [0.5, 0.6) is 0 Å². The van der Waals surface area contributed by atoms with Crippen molar-refractivity contribution in [1.82, 2.24) is 5.32 Å². The van der Waals surface area contributed by atoms with Crippen molar-refractivity contribution in [2.75, 3.05) is 25.5 Å². The number of ketones is 1. The third kappa shape index (κ3) is 5.71. The van der Waals surface area contributed by atoms with Crippen LogP contribution in [-0.2, 0) is 11.2 Å². The summed E-state index contributed by atoms with van der Waals surface area (Å²) >= 11 is 0. The van der Waals surface area contributed by atoms with Crippen LogP contribution in [0.2, 0.25) is 0 Å². The van der Waals surface area contributed by atoms with Crippen LogP contribution in [0.3, 0.4) is 0 Å². The Kier molecular flexibility index (Phi) is 6.69. The van der Waals surface area contributed by atoms with Gasteiger partial charge in [0.1, 0.15) is 5.82 Å². The van der Waals surface area contributed by atoms with Crippen LogP contribution in [0, 0.1) is 5.82 Å². The van der Waals surface area contributed by atoms with Crippen molar-refractivity contribution in [2.24, 2.45) is 0 Å². The summed E-state index contributed by atoms with van der Waals surface area (Å²) in [5, 5.41) is 2.79. The first-order valence-electron chi connectivity index (χ1n) is 8.28. The fraction of sp³-hybridized carbons (Fsp3) is 0.300. The van der Waals surface area contributed by atoms with Gasteiger partial charge in [-0.25, -0.2) is 4.39 Å². The standard InChI is InChI=1S/C20H23FN2O2/c1-23(2)16-9-7-15(8-10-16)13-14-22-20(25)12-11-19(24)17-5-3-4-6-18(17)21/h3-10H,11-14H2,1-2H3,(H,22,25). The first-order chi connectivity index (χ1) is 12.0. The molecule has 2 aromatic carbocycles. The maximum atomic E-state index is 13.5. The highest BCUT2D eigenvalue weighted by Crippen LogP contribution is 2.12. The highest BCUT2D eigenvalue weighted by molar-refractivity contribution is 5.98. The molecule has 0 aliphatic carbocycles. The van der Waals surface area contributed by atoms with Crippen LogP contribution in [0.1, 0.15) is 28.8 Å². The summed E-state index contributed by atoms with van der Waals surface area (Å²) < 4.78 is 13.5. The Hall–Kier alpha value is -2.69. The molecule has 0 fully saturated rings. The van der Waals surface area contributed by atoms with E-state index in [1.54, 1.807) is 6.07 Å². The number of carbonyl (C=O) groups is 2. The van der Waals surface area contributed by atoms with Crippen molar-refractivity contribution in [1.29, 1.82) is 0 Å². The molecule has 0 saturated carbocycles. The maximum Gasteiger partial charge on any atom is 0.220 e. The van der Waals surface area contributed by atoms with Crippen molar-refractivity contribution >= 4 is 17.4 Å². The molecular formula is C20H23FN2O2. The van der Waals surface area contributed by atoms with Crippen LogP contribution in [0.4, 0.5) is 10.1 Å². The quantitative estimate of drug-likeness (QED) is 0.750. The molecular weight excluding hydrogens is 319 g/mol. The smallest absolute Gasteiger partial charge is 0.220 e. The van der Waals surface area contributed by atoms with E-state index in [-0.39, 0.29) is 30.1 Å². The van der Waals surface area contributed by atoms with E-state index in [0.29, 0.717) is 6.54 Å². The molecule has 0 bridgehead atoms. The molecule has 132 valence electrons. The van der Waals surface area contributed by atoms with Crippen LogP contribution >= 0.6 is 0 Å². The van der Waals surface area contributed by atoms with Gasteiger partial charge in [0.15, 0.2) is 5.78 Å². The molecule has 0 unspecified atom stereocenters. The molecule has 25 heavy (non-hydrogen) atoms. The Morgan fingerprint density at radius 1 is 1.00 bits per heavy atom. The van der Waals surface area contributed by atoms with Crippen LogP contribution in [-0.4, -0.2) is 32.3 Å². The molecule has 0 radical (unpaired) electrons. The van der Waals surface area contributed by atoms with E-state index >= 15 is 0 Å². The lowest BCUT2D eigenvalue weighted by molar-refractivity contribution is -0.121. The van der Waals surface area contributed by atoms with E-state index in [2.05, 4.69) is 5.32 Å². The molecule has 1 N–H and O–H groups in total. The second-order valence-electron chi connectivity index (χ2n) is 6.06. The molecule has 1 amide bonds. The fourth-order valence-electron chi connectivity index (χ4n) is 2.44. The molecule has 2 aromatic rings. The second-order valence-corrected chi connectivity index (χ2v) is 6.06. The first kappa shape index (κ1) is 18.6. The Balaban J connectivity index is 1.72. The number of halogens is 1. The monoisotopic (exact) mass is 342 g/mol. The number of hydrogen-bond acceptors (Lipinski definition) is 3. The Morgan fingerprint density at radius 2 is 1.68 bits per heavy atom. The molecule has 0 heterocycles. The average Bonchev–Trinajstić information content (AvgIpc) is 2.60. The van der Waals surface area contributed by atoms with E-state index in [1.165, 1.54) is 18.2 Å². The molecule has 0 saturated heterocycles. The van der Waals surface area contributed by atoms with E-state index in [4.69, 9.17) is 0 Å². The zero-order valence-electron chi connectivity index (χ0n) is 14.6. The number of amides is 1. The zero-order chi connectivity index (χ0) is 18.2. The summed E-state index contributed by atoms with van der Waals surface area (Å²) in [4.78, 5) is 25.8. The van der Waals surface area contributed by atoms with Gasteiger partial charge in [0.05, 0.1) is 5.56 Å². The van der Waals surface area contributed by atoms with Crippen molar-refractivity contribution in [3.8, 4) is 0 Å². The molecule has 4 nitrogen and oxygen atoms in total. The summed E-state index contributed by atoms with van der Waals surface area (Å²) in [6.45, 7) is 0.508. The molecule has 2 rings (SSSR count). The number of nitrogens with one attached hydrogen (secondary N) is 1. The lowest BCUT2D eigenvalue weighted by Gasteiger charge is -2.12. The predicted molar refractivity (Wildman–Crippen MR) is 97.4 cm³/mol. The summed E-state index contributed by atoms with van der Waals surface area (Å²) in [6, 6.07) is 13.9. The summed E-state index contributed by atoms with van der Waals surface area (Å²) in [5.41, 5.74) is 2.30.